The topological polar surface area (TPSA) is 47.6 Å². The van der Waals surface area contributed by atoms with E-state index < -0.39 is 0 Å². The number of carbonyl (C=O) groups excluding carboxylic acids is 1. The molecule has 2 aromatic carbocycles. The van der Waals surface area contributed by atoms with Crippen molar-refractivity contribution < 1.29 is 14.3 Å². The summed E-state index contributed by atoms with van der Waals surface area (Å²) in [5, 5.41) is 2.89. The first kappa shape index (κ1) is 17.9. The van der Waals surface area contributed by atoms with E-state index in [2.05, 4.69) is 19.2 Å². The number of hydrogen-bond acceptors (Lipinski definition) is 3. The molecule has 0 aliphatic carbocycles. The number of anilines is 1. The largest absolute Gasteiger partial charge is 0.497 e. The molecule has 0 aromatic heterocycles. The quantitative estimate of drug-likeness (QED) is 0.786. The van der Waals surface area contributed by atoms with Gasteiger partial charge in [-0.3, -0.25) is 4.79 Å². The second-order valence-corrected chi connectivity index (χ2v) is 6.13. The van der Waals surface area contributed by atoms with Crippen molar-refractivity contribution in [1.82, 2.24) is 0 Å². The van der Waals surface area contributed by atoms with Crippen molar-refractivity contribution >= 4 is 11.6 Å². The Balaban J connectivity index is 1.83. The zero-order valence-electron chi connectivity index (χ0n) is 14.5. The third-order valence-electron chi connectivity index (χ3n) is 3.50. The number of carbonyl (C=O) groups is 1. The van der Waals surface area contributed by atoms with Gasteiger partial charge in [-0.15, -0.1) is 0 Å². The molecule has 4 nitrogen and oxygen atoms in total. The highest BCUT2D eigenvalue weighted by Gasteiger charge is 2.05. The van der Waals surface area contributed by atoms with Crippen molar-refractivity contribution in [1.29, 1.82) is 0 Å². The van der Waals surface area contributed by atoms with Crippen molar-refractivity contribution in [3.05, 3.63) is 54.1 Å². The molecule has 0 radical (unpaired) electrons. The van der Waals surface area contributed by atoms with Crippen LogP contribution < -0.4 is 14.8 Å². The molecule has 0 spiro atoms. The van der Waals surface area contributed by atoms with Gasteiger partial charge in [-0.1, -0.05) is 26.0 Å². The Hall–Kier alpha value is -2.49. The lowest BCUT2D eigenvalue weighted by Crippen LogP contribution is -2.12. The fourth-order valence-electron chi connectivity index (χ4n) is 2.21. The van der Waals surface area contributed by atoms with Crippen LogP contribution in [-0.2, 0) is 11.2 Å². The lowest BCUT2D eigenvalue weighted by atomic mass is 10.1. The van der Waals surface area contributed by atoms with Gasteiger partial charge in [0.1, 0.15) is 11.5 Å². The maximum Gasteiger partial charge on any atom is 0.224 e. The van der Waals surface area contributed by atoms with Gasteiger partial charge in [0, 0.05) is 12.1 Å². The first-order valence-electron chi connectivity index (χ1n) is 8.22. The van der Waals surface area contributed by atoms with Crippen molar-refractivity contribution in [2.75, 3.05) is 19.0 Å². The third-order valence-corrected chi connectivity index (χ3v) is 3.50. The Morgan fingerprint density at radius 1 is 1.08 bits per heavy atom. The molecular weight excluding hydrogens is 302 g/mol. The Morgan fingerprint density at radius 2 is 1.83 bits per heavy atom. The number of benzene rings is 2. The zero-order chi connectivity index (χ0) is 17.4. The van der Waals surface area contributed by atoms with E-state index in [1.807, 2.05) is 48.5 Å². The summed E-state index contributed by atoms with van der Waals surface area (Å²) >= 11 is 0. The highest BCUT2D eigenvalue weighted by atomic mass is 16.5. The molecule has 0 bridgehead atoms. The highest BCUT2D eigenvalue weighted by Crippen LogP contribution is 2.17. The summed E-state index contributed by atoms with van der Waals surface area (Å²) in [6.07, 6.45) is 1.11. The monoisotopic (exact) mass is 327 g/mol. The van der Waals surface area contributed by atoms with Gasteiger partial charge in [0.25, 0.3) is 0 Å². The normalized spacial score (nSPS) is 10.5. The summed E-state index contributed by atoms with van der Waals surface area (Å²) in [5.74, 6) is 2.11. The van der Waals surface area contributed by atoms with Gasteiger partial charge in [-0.25, -0.2) is 0 Å². The van der Waals surface area contributed by atoms with Gasteiger partial charge < -0.3 is 14.8 Å². The van der Waals surface area contributed by atoms with Crippen molar-refractivity contribution in [3.63, 3.8) is 0 Å². The van der Waals surface area contributed by atoms with E-state index in [-0.39, 0.29) is 5.91 Å². The van der Waals surface area contributed by atoms with E-state index in [4.69, 9.17) is 9.47 Å². The molecule has 4 heteroatoms. The second kappa shape index (κ2) is 8.96. The Kier molecular flexibility index (Phi) is 6.67. The lowest BCUT2D eigenvalue weighted by Gasteiger charge is -2.10. The Labute approximate surface area is 143 Å². The van der Waals surface area contributed by atoms with Crippen LogP contribution in [0.3, 0.4) is 0 Å². The predicted molar refractivity (Wildman–Crippen MR) is 96.7 cm³/mol. The molecule has 0 saturated heterocycles. The lowest BCUT2D eigenvalue weighted by molar-refractivity contribution is -0.116. The standard InChI is InChI=1S/C20H25NO3/c1-15(2)14-24-19-6-4-5-16(13-19)7-12-20(22)21-17-8-10-18(23-3)11-9-17/h4-6,8-11,13,15H,7,12,14H2,1-3H3,(H,21,22). The summed E-state index contributed by atoms with van der Waals surface area (Å²) in [4.78, 5) is 12.1. The number of hydrogen-bond donors (Lipinski definition) is 1. The first-order valence-corrected chi connectivity index (χ1v) is 8.22. The molecule has 1 amide bonds. The Bertz CT molecular complexity index is 650. The molecule has 0 heterocycles. The van der Waals surface area contributed by atoms with Crippen molar-refractivity contribution in [3.8, 4) is 11.5 Å². The summed E-state index contributed by atoms with van der Waals surface area (Å²) in [6, 6.07) is 15.2. The van der Waals surface area contributed by atoms with E-state index in [0.717, 1.165) is 22.7 Å². The second-order valence-electron chi connectivity index (χ2n) is 6.13. The summed E-state index contributed by atoms with van der Waals surface area (Å²) in [7, 11) is 1.62. The Morgan fingerprint density at radius 3 is 2.50 bits per heavy atom. The van der Waals surface area contributed by atoms with Crippen LogP contribution in [0.25, 0.3) is 0 Å². The molecule has 2 rings (SSSR count). The summed E-state index contributed by atoms with van der Waals surface area (Å²) < 4.78 is 10.8. The number of methoxy groups -OCH3 is 1. The maximum atomic E-state index is 12.1. The maximum absolute atomic E-state index is 12.1. The molecule has 2 aromatic rings. The third kappa shape index (κ3) is 5.95. The summed E-state index contributed by atoms with van der Waals surface area (Å²) in [5.41, 5.74) is 1.87. The minimum Gasteiger partial charge on any atom is -0.497 e. The minimum absolute atomic E-state index is 0.00586. The van der Waals surface area contributed by atoms with Gasteiger partial charge in [-0.05, 0) is 54.3 Å². The van der Waals surface area contributed by atoms with E-state index in [0.29, 0.717) is 25.4 Å². The van der Waals surface area contributed by atoms with Crippen LogP contribution >= 0.6 is 0 Å². The predicted octanol–water partition coefficient (Wildman–Crippen LogP) is 4.30. The van der Waals surface area contributed by atoms with Crippen LogP contribution in [0.4, 0.5) is 5.69 Å². The van der Waals surface area contributed by atoms with Crippen molar-refractivity contribution in [2.24, 2.45) is 5.92 Å². The fourth-order valence-corrected chi connectivity index (χ4v) is 2.21. The average Bonchev–Trinajstić information content (AvgIpc) is 2.59. The molecule has 128 valence electrons. The zero-order valence-corrected chi connectivity index (χ0v) is 14.5. The van der Waals surface area contributed by atoms with Crippen LogP contribution in [0, 0.1) is 5.92 Å². The highest BCUT2D eigenvalue weighted by molar-refractivity contribution is 5.90. The first-order chi connectivity index (χ1) is 11.6. The molecule has 1 N–H and O–H groups in total. The number of amides is 1. The van der Waals surface area contributed by atoms with Crippen LogP contribution in [0.2, 0.25) is 0 Å². The van der Waals surface area contributed by atoms with Gasteiger partial charge in [0.15, 0.2) is 0 Å². The molecule has 0 fully saturated rings. The number of aryl methyl sites for hydroxylation is 1. The molecule has 0 aliphatic rings. The average molecular weight is 327 g/mol. The van der Waals surface area contributed by atoms with Crippen LogP contribution in [-0.4, -0.2) is 19.6 Å². The van der Waals surface area contributed by atoms with E-state index in [9.17, 15) is 4.79 Å². The van der Waals surface area contributed by atoms with Crippen LogP contribution in [0.1, 0.15) is 25.8 Å². The smallest absolute Gasteiger partial charge is 0.224 e. The van der Waals surface area contributed by atoms with Crippen LogP contribution in [0.5, 0.6) is 11.5 Å². The van der Waals surface area contributed by atoms with E-state index in [1.165, 1.54) is 0 Å². The number of nitrogens with one attached hydrogen (secondary N) is 1. The minimum atomic E-state index is -0.00586. The van der Waals surface area contributed by atoms with Crippen LogP contribution in [0.15, 0.2) is 48.5 Å². The summed E-state index contributed by atoms with van der Waals surface area (Å²) in [6.45, 7) is 4.93. The number of ether oxygens (including phenoxy) is 2. The SMILES string of the molecule is COc1ccc(NC(=O)CCc2cccc(OCC(C)C)c2)cc1. The molecule has 24 heavy (non-hydrogen) atoms. The van der Waals surface area contributed by atoms with Gasteiger partial charge in [-0.2, -0.15) is 0 Å². The van der Waals surface area contributed by atoms with Gasteiger partial charge in [0.2, 0.25) is 5.91 Å². The molecule has 0 aliphatic heterocycles. The molecule has 0 unspecified atom stereocenters. The van der Waals surface area contributed by atoms with Gasteiger partial charge >= 0.3 is 0 Å². The molecule has 0 saturated carbocycles. The number of rotatable bonds is 8. The van der Waals surface area contributed by atoms with Crippen molar-refractivity contribution in [2.45, 2.75) is 26.7 Å². The van der Waals surface area contributed by atoms with Gasteiger partial charge in [0.05, 0.1) is 13.7 Å². The van der Waals surface area contributed by atoms with E-state index in [1.54, 1.807) is 7.11 Å². The fraction of sp³-hybridized carbons (Fsp3) is 0.350. The molecular formula is C20H25NO3. The van der Waals surface area contributed by atoms with E-state index >= 15 is 0 Å². The molecule has 0 atom stereocenters.